The Morgan fingerprint density at radius 3 is 2.40 bits per heavy atom. The Morgan fingerprint density at radius 2 is 1.63 bits per heavy atom. The summed E-state index contributed by atoms with van der Waals surface area (Å²) in [6.45, 7) is 1.71. The van der Waals surface area contributed by atoms with E-state index in [4.69, 9.17) is 0 Å². The Balaban J connectivity index is 1.70. The molecular weight excluding hydrogens is 402 g/mol. The first-order valence-corrected chi connectivity index (χ1v) is 10.7. The fourth-order valence-electron chi connectivity index (χ4n) is 3.24. The summed E-state index contributed by atoms with van der Waals surface area (Å²) in [6.07, 6.45) is 0. The molecule has 1 heterocycles. The zero-order valence-electron chi connectivity index (χ0n) is 16.1. The Bertz CT molecular complexity index is 1240. The van der Waals surface area contributed by atoms with E-state index in [1.165, 1.54) is 29.2 Å². The van der Waals surface area contributed by atoms with Crippen molar-refractivity contribution >= 4 is 38.9 Å². The lowest BCUT2D eigenvalue weighted by atomic mass is 10.1. The van der Waals surface area contributed by atoms with E-state index in [-0.39, 0.29) is 28.6 Å². The number of nitrogens with one attached hydrogen (secondary N) is 2. The predicted octanol–water partition coefficient (Wildman–Crippen LogP) is 3.39. The molecule has 3 aromatic carbocycles. The highest BCUT2D eigenvalue weighted by molar-refractivity contribution is 7.92. The number of para-hydroxylation sites is 3. The molecule has 7 nitrogen and oxygen atoms in total. The molecule has 152 valence electrons. The summed E-state index contributed by atoms with van der Waals surface area (Å²) in [5.74, 6) is -0.792. The summed E-state index contributed by atoms with van der Waals surface area (Å²) in [7, 11) is -3.89. The smallest absolute Gasteiger partial charge is 0.261 e. The molecular formula is C22H19N3O4S. The molecule has 0 unspecified atom stereocenters. The average molecular weight is 421 g/mol. The summed E-state index contributed by atoms with van der Waals surface area (Å²) < 4.78 is 28.1. The number of fused-ring (bicyclic) bond motifs is 1. The summed E-state index contributed by atoms with van der Waals surface area (Å²) in [6, 6.07) is 19.7. The van der Waals surface area contributed by atoms with Gasteiger partial charge in [0.25, 0.3) is 15.9 Å². The summed E-state index contributed by atoms with van der Waals surface area (Å²) in [5.41, 5.74) is 2.31. The minimum absolute atomic E-state index is 0.0954. The molecule has 3 aromatic rings. The Hall–Kier alpha value is -3.65. The van der Waals surface area contributed by atoms with Crippen molar-refractivity contribution in [1.82, 2.24) is 0 Å². The van der Waals surface area contributed by atoms with Gasteiger partial charge in [0.15, 0.2) is 0 Å². The third-order valence-electron chi connectivity index (χ3n) is 4.75. The van der Waals surface area contributed by atoms with Crippen LogP contribution in [0.3, 0.4) is 0 Å². The largest absolute Gasteiger partial charge is 0.323 e. The topological polar surface area (TPSA) is 95.6 Å². The molecule has 2 N–H and O–H groups in total. The molecule has 2 amide bonds. The lowest BCUT2D eigenvalue weighted by Crippen LogP contribution is -2.42. The van der Waals surface area contributed by atoms with E-state index in [1.807, 2.05) is 6.92 Å². The monoisotopic (exact) mass is 421 g/mol. The van der Waals surface area contributed by atoms with Gasteiger partial charge in [-0.15, -0.1) is 0 Å². The molecule has 0 fully saturated rings. The average Bonchev–Trinajstić information content (AvgIpc) is 2.73. The van der Waals surface area contributed by atoms with Crippen LogP contribution in [0.2, 0.25) is 0 Å². The summed E-state index contributed by atoms with van der Waals surface area (Å²) in [4.78, 5) is 26.8. The molecule has 1 aliphatic rings. The third-order valence-corrected chi connectivity index (χ3v) is 6.13. The number of rotatable bonds is 4. The van der Waals surface area contributed by atoms with E-state index < -0.39 is 15.9 Å². The Morgan fingerprint density at radius 1 is 0.967 bits per heavy atom. The van der Waals surface area contributed by atoms with Crippen LogP contribution < -0.4 is 14.9 Å². The van der Waals surface area contributed by atoms with E-state index >= 15 is 0 Å². The number of hydrogen-bond donors (Lipinski definition) is 2. The van der Waals surface area contributed by atoms with E-state index in [9.17, 15) is 18.0 Å². The Labute approximate surface area is 174 Å². The van der Waals surface area contributed by atoms with Crippen molar-refractivity contribution in [3.8, 4) is 0 Å². The van der Waals surface area contributed by atoms with Crippen molar-refractivity contribution in [2.24, 2.45) is 0 Å². The van der Waals surface area contributed by atoms with E-state index in [0.29, 0.717) is 11.4 Å². The van der Waals surface area contributed by atoms with Crippen molar-refractivity contribution < 1.29 is 18.0 Å². The van der Waals surface area contributed by atoms with Gasteiger partial charge >= 0.3 is 0 Å². The van der Waals surface area contributed by atoms with Gasteiger partial charge < -0.3 is 5.32 Å². The van der Waals surface area contributed by atoms with Crippen LogP contribution in [-0.2, 0) is 14.8 Å². The molecule has 0 saturated heterocycles. The first-order chi connectivity index (χ1) is 14.3. The zero-order valence-corrected chi connectivity index (χ0v) is 16.9. The molecule has 0 saturated carbocycles. The minimum atomic E-state index is -3.89. The van der Waals surface area contributed by atoms with Crippen LogP contribution in [0.25, 0.3) is 0 Å². The van der Waals surface area contributed by atoms with Gasteiger partial charge in [-0.25, -0.2) is 8.42 Å². The molecule has 0 aromatic heterocycles. The second-order valence-electron chi connectivity index (χ2n) is 6.92. The van der Waals surface area contributed by atoms with Gasteiger partial charge in [-0.2, -0.15) is 0 Å². The van der Waals surface area contributed by atoms with Crippen molar-refractivity contribution in [2.45, 2.75) is 11.8 Å². The minimum Gasteiger partial charge on any atom is -0.323 e. The van der Waals surface area contributed by atoms with Gasteiger partial charge in [0, 0.05) is 0 Å². The summed E-state index contributed by atoms with van der Waals surface area (Å²) >= 11 is 0. The third kappa shape index (κ3) is 3.77. The van der Waals surface area contributed by atoms with Gasteiger partial charge in [0.2, 0.25) is 5.91 Å². The molecule has 0 bridgehead atoms. The number of benzene rings is 3. The highest BCUT2D eigenvalue weighted by Crippen LogP contribution is 2.31. The van der Waals surface area contributed by atoms with Gasteiger partial charge in [-0.3, -0.25) is 19.2 Å². The second kappa shape index (κ2) is 7.64. The number of carbonyl (C=O) groups excluding carboxylic acids is 2. The van der Waals surface area contributed by atoms with Crippen LogP contribution in [0.5, 0.6) is 0 Å². The van der Waals surface area contributed by atoms with Crippen molar-refractivity contribution in [3.05, 3.63) is 83.9 Å². The van der Waals surface area contributed by atoms with Crippen molar-refractivity contribution in [1.29, 1.82) is 0 Å². The van der Waals surface area contributed by atoms with E-state index in [0.717, 1.165) is 5.56 Å². The lowest BCUT2D eigenvalue weighted by Gasteiger charge is -2.29. The van der Waals surface area contributed by atoms with Gasteiger partial charge in [0.05, 0.1) is 27.5 Å². The number of anilines is 3. The second-order valence-corrected chi connectivity index (χ2v) is 8.60. The SMILES string of the molecule is Cc1ccc(S(=O)(=O)Nc2ccccc2C(=O)N2CC(=O)Nc3ccccc32)cc1. The van der Waals surface area contributed by atoms with E-state index in [2.05, 4.69) is 10.0 Å². The Kier molecular flexibility index (Phi) is 5.01. The van der Waals surface area contributed by atoms with Crippen LogP contribution in [0.4, 0.5) is 17.1 Å². The number of carbonyl (C=O) groups is 2. The number of nitrogens with zero attached hydrogens (tertiary/aromatic N) is 1. The zero-order chi connectivity index (χ0) is 21.3. The quantitative estimate of drug-likeness (QED) is 0.675. The molecule has 0 atom stereocenters. The normalized spacial score (nSPS) is 13.4. The summed E-state index contributed by atoms with van der Waals surface area (Å²) in [5, 5.41) is 2.73. The van der Waals surface area contributed by atoms with Gasteiger partial charge in [-0.1, -0.05) is 42.0 Å². The maximum Gasteiger partial charge on any atom is 0.261 e. The lowest BCUT2D eigenvalue weighted by molar-refractivity contribution is -0.115. The standard InChI is InChI=1S/C22H19N3O4S/c1-15-10-12-16(13-11-15)30(28,29)24-18-7-3-2-6-17(18)22(27)25-14-21(26)23-19-8-4-5-9-20(19)25/h2-13,24H,14H2,1H3,(H,23,26). The molecule has 4 rings (SSSR count). The first kappa shape index (κ1) is 19.7. The fourth-order valence-corrected chi connectivity index (χ4v) is 4.32. The van der Waals surface area contributed by atoms with Gasteiger partial charge in [-0.05, 0) is 43.3 Å². The molecule has 0 aliphatic carbocycles. The first-order valence-electron chi connectivity index (χ1n) is 9.24. The molecule has 0 radical (unpaired) electrons. The number of amides is 2. The van der Waals surface area contributed by atoms with E-state index in [1.54, 1.807) is 48.5 Å². The number of hydrogen-bond acceptors (Lipinski definition) is 4. The van der Waals surface area contributed by atoms with Crippen LogP contribution in [0, 0.1) is 6.92 Å². The van der Waals surface area contributed by atoms with Crippen molar-refractivity contribution in [3.63, 3.8) is 0 Å². The number of sulfonamides is 1. The van der Waals surface area contributed by atoms with Crippen LogP contribution in [0.15, 0.2) is 77.7 Å². The van der Waals surface area contributed by atoms with Crippen molar-refractivity contribution in [2.75, 3.05) is 21.5 Å². The molecule has 1 aliphatic heterocycles. The van der Waals surface area contributed by atoms with Gasteiger partial charge in [0.1, 0.15) is 6.54 Å². The number of aryl methyl sites for hydroxylation is 1. The molecule has 8 heteroatoms. The van der Waals surface area contributed by atoms with Crippen LogP contribution in [0.1, 0.15) is 15.9 Å². The highest BCUT2D eigenvalue weighted by Gasteiger charge is 2.29. The predicted molar refractivity (Wildman–Crippen MR) is 115 cm³/mol. The maximum atomic E-state index is 13.3. The van der Waals surface area contributed by atoms with Crippen LogP contribution in [-0.4, -0.2) is 26.8 Å². The fraction of sp³-hybridized carbons (Fsp3) is 0.0909. The van der Waals surface area contributed by atoms with Crippen LogP contribution >= 0.6 is 0 Å². The highest BCUT2D eigenvalue weighted by atomic mass is 32.2. The molecule has 30 heavy (non-hydrogen) atoms. The maximum absolute atomic E-state index is 13.3. The molecule has 0 spiro atoms.